The van der Waals surface area contributed by atoms with E-state index in [1.54, 1.807) is 6.92 Å². The Morgan fingerprint density at radius 1 is 1.29 bits per heavy atom. The predicted molar refractivity (Wildman–Crippen MR) is 55.3 cm³/mol. The Morgan fingerprint density at radius 2 is 1.93 bits per heavy atom. The first-order valence-electron chi connectivity index (χ1n) is 5.23. The first kappa shape index (κ1) is 13.4. The Kier molecular flexibility index (Phi) is 8.57. The fourth-order valence-electron chi connectivity index (χ4n) is 1.17. The highest BCUT2D eigenvalue weighted by molar-refractivity contribution is 5.66. The normalized spacial score (nSPS) is 12.7. The molecule has 0 saturated carbocycles. The number of carboxylic acid groups (broad SMARTS) is 1. The first-order valence-corrected chi connectivity index (χ1v) is 5.23. The summed E-state index contributed by atoms with van der Waals surface area (Å²) >= 11 is 0. The van der Waals surface area contributed by atoms with Gasteiger partial charge in [0, 0.05) is 6.42 Å². The highest BCUT2D eigenvalue weighted by Gasteiger charge is 1.97. The number of carboxylic acids is 1. The minimum absolute atomic E-state index is 0.219. The van der Waals surface area contributed by atoms with Crippen molar-refractivity contribution in [3.63, 3.8) is 0 Å². The van der Waals surface area contributed by atoms with Crippen molar-refractivity contribution in [2.24, 2.45) is 0 Å². The van der Waals surface area contributed by atoms with Crippen molar-refractivity contribution in [1.29, 1.82) is 0 Å². The molecule has 0 bridgehead atoms. The second kappa shape index (κ2) is 8.97. The number of hydrogen-bond acceptors (Lipinski definition) is 3. The summed E-state index contributed by atoms with van der Waals surface area (Å²) in [7, 11) is 0. The van der Waals surface area contributed by atoms with Crippen molar-refractivity contribution >= 4 is 5.97 Å². The molecule has 0 aromatic carbocycles. The lowest BCUT2D eigenvalue weighted by Crippen LogP contribution is -2.18. The number of aliphatic hydroxyl groups is 1. The van der Waals surface area contributed by atoms with Crippen LogP contribution < -0.4 is 5.32 Å². The van der Waals surface area contributed by atoms with Gasteiger partial charge in [-0.25, -0.2) is 0 Å². The van der Waals surface area contributed by atoms with Crippen LogP contribution in [0, 0.1) is 0 Å². The highest BCUT2D eigenvalue weighted by atomic mass is 16.4. The van der Waals surface area contributed by atoms with E-state index in [9.17, 15) is 4.79 Å². The molecular weight excluding hydrogens is 182 g/mol. The fraction of sp³-hybridized carbons (Fsp3) is 0.900. The van der Waals surface area contributed by atoms with Gasteiger partial charge in [0.1, 0.15) is 0 Å². The van der Waals surface area contributed by atoms with E-state index in [4.69, 9.17) is 10.2 Å². The molecule has 0 saturated heterocycles. The van der Waals surface area contributed by atoms with E-state index in [2.05, 4.69) is 5.32 Å². The summed E-state index contributed by atoms with van der Waals surface area (Å²) in [6.07, 6.45) is 3.47. The maximum atomic E-state index is 10.2. The number of unbranched alkanes of at least 4 members (excludes halogenated alkanes) is 1. The molecule has 0 radical (unpaired) electrons. The Balaban J connectivity index is 2.96. The molecule has 0 aliphatic rings. The van der Waals surface area contributed by atoms with Gasteiger partial charge >= 0.3 is 5.97 Å². The average molecular weight is 203 g/mol. The number of nitrogens with one attached hydrogen (secondary N) is 1. The summed E-state index contributed by atoms with van der Waals surface area (Å²) in [6.45, 7) is 3.55. The van der Waals surface area contributed by atoms with Crippen molar-refractivity contribution in [1.82, 2.24) is 5.32 Å². The number of carbonyl (C=O) groups is 1. The molecule has 0 aromatic rings. The van der Waals surface area contributed by atoms with Crippen LogP contribution in [0.25, 0.3) is 0 Å². The molecule has 0 aliphatic heterocycles. The molecule has 0 aliphatic carbocycles. The molecule has 4 heteroatoms. The molecule has 0 aromatic heterocycles. The van der Waals surface area contributed by atoms with Gasteiger partial charge in [-0.2, -0.15) is 0 Å². The average Bonchev–Trinajstić information content (AvgIpc) is 2.08. The SMILES string of the molecule is CC(O)CCCNCCCCC(=O)O. The molecule has 0 amide bonds. The maximum Gasteiger partial charge on any atom is 0.303 e. The Hall–Kier alpha value is -0.610. The quantitative estimate of drug-likeness (QED) is 0.489. The minimum Gasteiger partial charge on any atom is -0.481 e. The smallest absolute Gasteiger partial charge is 0.303 e. The largest absolute Gasteiger partial charge is 0.481 e. The zero-order valence-electron chi connectivity index (χ0n) is 8.83. The molecule has 4 nitrogen and oxygen atoms in total. The van der Waals surface area contributed by atoms with Crippen molar-refractivity contribution in [2.75, 3.05) is 13.1 Å². The molecule has 1 unspecified atom stereocenters. The molecule has 0 rings (SSSR count). The van der Waals surface area contributed by atoms with Gasteiger partial charge < -0.3 is 15.5 Å². The van der Waals surface area contributed by atoms with Crippen LogP contribution in [0.5, 0.6) is 0 Å². The van der Waals surface area contributed by atoms with E-state index in [1.807, 2.05) is 0 Å². The molecule has 1 atom stereocenters. The summed E-state index contributed by atoms with van der Waals surface area (Å²) in [6, 6.07) is 0. The van der Waals surface area contributed by atoms with Gasteiger partial charge in [0.25, 0.3) is 0 Å². The van der Waals surface area contributed by atoms with Gasteiger partial charge in [-0.05, 0) is 45.7 Å². The third-order valence-corrected chi connectivity index (χ3v) is 1.97. The van der Waals surface area contributed by atoms with Gasteiger partial charge in [-0.3, -0.25) is 4.79 Å². The topological polar surface area (TPSA) is 69.6 Å². The van der Waals surface area contributed by atoms with Crippen LogP contribution >= 0.6 is 0 Å². The third kappa shape index (κ3) is 11.4. The first-order chi connectivity index (χ1) is 6.63. The van der Waals surface area contributed by atoms with E-state index >= 15 is 0 Å². The van der Waals surface area contributed by atoms with Crippen LogP contribution in [-0.4, -0.2) is 35.4 Å². The lowest BCUT2D eigenvalue weighted by atomic mass is 10.2. The minimum atomic E-state index is -0.723. The van der Waals surface area contributed by atoms with Crippen LogP contribution in [0.15, 0.2) is 0 Å². The molecule has 0 spiro atoms. The van der Waals surface area contributed by atoms with Crippen LogP contribution in [0.4, 0.5) is 0 Å². The lowest BCUT2D eigenvalue weighted by Gasteiger charge is -2.05. The summed E-state index contributed by atoms with van der Waals surface area (Å²) in [5, 5.41) is 20.5. The van der Waals surface area contributed by atoms with Crippen LogP contribution in [0.1, 0.15) is 39.0 Å². The van der Waals surface area contributed by atoms with Gasteiger partial charge in [-0.1, -0.05) is 0 Å². The van der Waals surface area contributed by atoms with Crippen molar-refractivity contribution in [2.45, 2.75) is 45.1 Å². The second-order valence-corrected chi connectivity index (χ2v) is 3.59. The van der Waals surface area contributed by atoms with E-state index in [-0.39, 0.29) is 12.5 Å². The molecule has 14 heavy (non-hydrogen) atoms. The van der Waals surface area contributed by atoms with E-state index in [0.717, 1.165) is 38.8 Å². The van der Waals surface area contributed by atoms with Gasteiger partial charge in [-0.15, -0.1) is 0 Å². The molecule has 0 fully saturated rings. The number of aliphatic carboxylic acids is 1. The Morgan fingerprint density at radius 3 is 2.50 bits per heavy atom. The highest BCUT2D eigenvalue weighted by Crippen LogP contribution is 1.95. The molecular formula is C10H21NO3. The van der Waals surface area contributed by atoms with Gasteiger partial charge in [0.2, 0.25) is 0 Å². The fourth-order valence-corrected chi connectivity index (χ4v) is 1.17. The summed E-state index contributed by atoms with van der Waals surface area (Å²) in [4.78, 5) is 10.2. The maximum absolute atomic E-state index is 10.2. The van der Waals surface area contributed by atoms with Gasteiger partial charge in [0.15, 0.2) is 0 Å². The Labute approximate surface area is 85.3 Å². The lowest BCUT2D eigenvalue weighted by molar-refractivity contribution is -0.137. The van der Waals surface area contributed by atoms with Crippen LogP contribution in [0.2, 0.25) is 0 Å². The van der Waals surface area contributed by atoms with Crippen LogP contribution in [-0.2, 0) is 4.79 Å². The zero-order chi connectivity index (χ0) is 10.8. The van der Waals surface area contributed by atoms with Crippen molar-refractivity contribution in [3.8, 4) is 0 Å². The monoisotopic (exact) mass is 203 g/mol. The molecule has 0 heterocycles. The summed E-state index contributed by atoms with van der Waals surface area (Å²) < 4.78 is 0. The van der Waals surface area contributed by atoms with E-state index in [1.165, 1.54) is 0 Å². The molecule has 3 N–H and O–H groups in total. The standard InChI is InChI=1S/C10H21NO3/c1-9(12)5-4-8-11-7-3-2-6-10(13)14/h9,11-12H,2-8H2,1H3,(H,13,14). The number of rotatable bonds is 9. The number of aliphatic hydroxyl groups excluding tert-OH is 1. The van der Waals surface area contributed by atoms with E-state index < -0.39 is 5.97 Å². The van der Waals surface area contributed by atoms with Crippen molar-refractivity contribution < 1.29 is 15.0 Å². The molecule has 84 valence electrons. The predicted octanol–water partition coefficient (Wildman–Crippen LogP) is 0.992. The third-order valence-electron chi connectivity index (χ3n) is 1.97. The summed E-state index contributed by atoms with van der Waals surface area (Å²) in [5.41, 5.74) is 0. The zero-order valence-corrected chi connectivity index (χ0v) is 8.83. The number of hydrogen-bond donors (Lipinski definition) is 3. The van der Waals surface area contributed by atoms with E-state index in [0.29, 0.717) is 0 Å². The van der Waals surface area contributed by atoms with Crippen molar-refractivity contribution in [3.05, 3.63) is 0 Å². The van der Waals surface area contributed by atoms with Gasteiger partial charge in [0.05, 0.1) is 6.10 Å². The Bertz CT molecular complexity index is 148. The summed E-state index contributed by atoms with van der Waals surface area (Å²) in [5.74, 6) is -0.723. The van der Waals surface area contributed by atoms with Crippen LogP contribution in [0.3, 0.4) is 0 Å². The second-order valence-electron chi connectivity index (χ2n) is 3.59.